The average molecular weight is 292 g/mol. The lowest BCUT2D eigenvalue weighted by Gasteiger charge is -2.48. The lowest BCUT2D eigenvalue weighted by Crippen LogP contribution is -2.58. The van der Waals surface area contributed by atoms with Gasteiger partial charge in [-0.15, -0.1) is 0 Å². The zero-order chi connectivity index (χ0) is 14.3. The number of hydrogen-bond donors (Lipinski definition) is 1. The van der Waals surface area contributed by atoms with E-state index in [-0.39, 0.29) is 5.54 Å². The molecule has 1 saturated carbocycles. The van der Waals surface area contributed by atoms with Gasteiger partial charge in [-0.25, -0.2) is 0 Å². The third kappa shape index (κ3) is 1.99. The summed E-state index contributed by atoms with van der Waals surface area (Å²) >= 11 is 6.40. The third-order valence-corrected chi connectivity index (χ3v) is 5.31. The number of rotatable bonds is 1. The molecule has 0 saturated heterocycles. The van der Waals surface area contributed by atoms with Gasteiger partial charge in [-0.1, -0.05) is 44.0 Å². The van der Waals surface area contributed by atoms with Crippen LogP contribution >= 0.6 is 11.6 Å². The van der Waals surface area contributed by atoms with Gasteiger partial charge in [0.25, 0.3) is 0 Å². The number of hydrogen-bond acceptors (Lipinski definition) is 3. The van der Waals surface area contributed by atoms with Crippen molar-refractivity contribution in [3.63, 3.8) is 0 Å². The first-order valence-corrected chi connectivity index (χ1v) is 7.77. The van der Waals surface area contributed by atoms with Gasteiger partial charge < -0.3 is 10.6 Å². The molecule has 3 atom stereocenters. The maximum atomic E-state index is 6.40. The van der Waals surface area contributed by atoms with Gasteiger partial charge in [0, 0.05) is 0 Å². The Kier molecular flexibility index (Phi) is 3.41. The second-order valence-corrected chi connectivity index (χ2v) is 6.76. The van der Waals surface area contributed by atoms with Gasteiger partial charge in [-0.2, -0.15) is 0 Å². The van der Waals surface area contributed by atoms with E-state index >= 15 is 0 Å². The van der Waals surface area contributed by atoms with E-state index in [4.69, 9.17) is 17.3 Å². The van der Waals surface area contributed by atoms with Crippen LogP contribution in [0.4, 0.5) is 5.69 Å². The highest BCUT2D eigenvalue weighted by Crippen LogP contribution is 2.46. The normalized spacial score (nSPS) is 33.5. The van der Waals surface area contributed by atoms with Crippen LogP contribution in [-0.4, -0.2) is 18.0 Å². The van der Waals surface area contributed by atoms with Crippen LogP contribution in [0.2, 0.25) is 5.02 Å². The molecule has 1 spiro atoms. The summed E-state index contributed by atoms with van der Waals surface area (Å²) in [5.74, 6) is 1.89. The Balaban J connectivity index is 2.06. The quantitative estimate of drug-likeness (QED) is 0.858. The van der Waals surface area contributed by atoms with Gasteiger partial charge in [-0.3, -0.25) is 4.99 Å². The fraction of sp³-hybridized carbons (Fsp3) is 0.562. The fourth-order valence-electron chi connectivity index (χ4n) is 3.83. The molecule has 1 aliphatic carbocycles. The number of anilines is 1. The molecule has 3 rings (SSSR count). The van der Waals surface area contributed by atoms with E-state index in [1.807, 2.05) is 24.3 Å². The molecule has 1 heterocycles. The molecule has 108 valence electrons. The minimum Gasteiger partial charge on any atom is -0.369 e. The van der Waals surface area contributed by atoms with Gasteiger partial charge in [0.1, 0.15) is 0 Å². The summed E-state index contributed by atoms with van der Waals surface area (Å²) in [6.07, 6.45) is 3.65. The van der Waals surface area contributed by atoms with Crippen molar-refractivity contribution in [2.75, 3.05) is 11.4 Å². The van der Waals surface area contributed by atoms with Crippen LogP contribution in [0.5, 0.6) is 0 Å². The first kappa shape index (κ1) is 13.7. The van der Waals surface area contributed by atoms with Crippen molar-refractivity contribution in [2.24, 2.45) is 22.6 Å². The van der Waals surface area contributed by atoms with Crippen molar-refractivity contribution < 1.29 is 0 Å². The monoisotopic (exact) mass is 291 g/mol. The van der Waals surface area contributed by atoms with Crippen LogP contribution in [0.25, 0.3) is 0 Å². The molecule has 1 aliphatic heterocycles. The molecule has 1 aromatic carbocycles. The second-order valence-electron chi connectivity index (χ2n) is 6.35. The zero-order valence-electron chi connectivity index (χ0n) is 12.1. The molecule has 2 N–H and O–H groups in total. The van der Waals surface area contributed by atoms with Crippen LogP contribution in [-0.2, 0) is 0 Å². The summed E-state index contributed by atoms with van der Waals surface area (Å²) in [6, 6.07) is 7.93. The number of para-hydroxylation sites is 1. The molecule has 2 aliphatic rings. The van der Waals surface area contributed by atoms with Crippen molar-refractivity contribution in [1.82, 2.24) is 0 Å². The SMILES string of the molecule is CC1CCC(C)C2(CN=C(N)N2c2ccccc2Cl)C1. The molecule has 0 bridgehead atoms. The Morgan fingerprint density at radius 2 is 2.05 bits per heavy atom. The Morgan fingerprint density at radius 1 is 1.30 bits per heavy atom. The molecule has 3 unspecified atom stereocenters. The van der Waals surface area contributed by atoms with E-state index in [0.29, 0.717) is 17.8 Å². The maximum absolute atomic E-state index is 6.40. The third-order valence-electron chi connectivity index (χ3n) is 4.99. The number of benzene rings is 1. The molecule has 0 amide bonds. The van der Waals surface area contributed by atoms with Gasteiger partial charge in [0.05, 0.1) is 22.8 Å². The molecule has 3 nitrogen and oxygen atoms in total. The zero-order valence-corrected chi connectivity index (χ0v) is 12.9. The van der Waals surface area contributed by atoms with E-state index in [2.05, 4.69) is 23.7 Å². The smallest absolute Gasteiger partial charge is 0.196 e. The number of nitrogens with zero attached hydrogens (tertiary/aromatic N) is 2. The standard InChI is InChI=1S/C16H22ClN3/c1-11-7-8-12(2)16(9-11)10-19-15(18)20(16)14-6-4-3-5-13(14)17/h3-6,11-12H,7-10H2,1-2H3,(H2,18,19). The Bertz CT molecular complexity index is 542. The summed E-state index contributed by atoms with van der Waals surface area (Å²) in [4.78, 5) is 6.76. The molecule has 0 aromatic heterocycles. The highest BCUT2D eigenvalue weighted by atomic mass is 35.5. The lowest BCUT2D eigenvalue weighted by molar-refractivity contribution is 0.178. The van der Waals surface area contributed by atoms with Crippen LogP contribution in [0, 0.1) is 11.8 Å². The predicted octanol–water partition coefficient (Wildman–Crippen LogP) is 3.67. The minimum absolute atomic E-state index is 0.00669. The van der Waals surface area contributed by atoms with Crippen molar-refractivity contribution in [2.45, 2.75) is 38.6 Å². The van der Waals surface area contributed by atoms with Gasteiger partial charge >= 0.3 is 0 Å². The summed E-state index contributed by atoms with van der Waals surface area (Å²) < 4.78 is 0. The summed E-state index contributed by atoms with van der Waals surface area (Å²) in [6.45, 7) is 5.44. The van der Waals surface area contributed by atoms with E-state index in [9.17, 15) is 0 Å². The maximum Gasteiger partial charge on any atom is 0.196 e. The largest absolute Gasteiger partial charge is 0.369 e. The molecule has 4 heteroatoms. The topological polar surface area (TPSA) is 41.6 Å². The van der Waals surface area contributed by atoms with Crippen LogP contribution < -0.4 is 10.6 Å². The Morgan fingerprint density at radius 3 is 2.80 bits per heavy atom. The highest BCUT2D eigenvalue weighted by Gasteiger charge is 2.50. The highest BCUT2D eigenvalue weighted by molar-refractivity contribution is 6.34. The average Bonchev–Trinajstić information content (AvgIpc) is 2.73. The first-order chi connectivity index (χ1) is 9.54. The van der Waals surface area contributed by atoms with Gasteiger partial charge in [0.2, 0.25) is 0 Å². The lowest BCUT2D eigenvalue weighted by atomic mass is 9.69. The second kappa shape index (κ2) is 4.96. The Labute approximate surface area is 125 Å². The number of nitrogens with two attached hydrogens (primary N) is 1. The molecular formula is C16H22ClN3. The van der Waals surface area contributed by atoms with Gasteiger partial charge in [0.15, 0.2) is 5.96 Å². The van der Waals surface area contributed by atoms with Crippen LogP contribution in [0.3, 0.4) is 0 Å². The number of halogens is 1. The van der Waals surface area contributed by atoms with Crippen LogP contribution in [0.1, 0.15) is 33.1 Å². The summed E-state index contributed by atoms with van der Waals surface area (Å²) in [7, 11) is 0. The van der Waals surface area contributed by atoms with E-state index in [1.165, 1.54) is 12.8 Å². The van der Waals surface area contributed by atoms with Crippen LogP contribution in [0.15, 0.2) is 29.3 Å². The predicted molar refractivity (Wildman–Crippen MR) is 85.3 cm³/mol. The van der Waals surface area contributed by atoms with Crippen molar-refractivity contribution in [3.05, 3.63) is 29.3 Å². The summed E-state index contributed by atoms with van der Waals surface area (Å²) in [5.41, 5.74) is 7.21. The number of aliphatic imine (C=N–C) groups is 1. The van der Waals surface area contributed by atoms with Gasteiger partial charge in [-0.05, 0) is 36.8 Å². The van der Waals surface area contributed by atoms with Crippen molar-refractivity contribution in [1.29, 1.82) is 0 Å². The Hall–Kier alpha value is -1.22. The molecule has 20 heavy (non-hydrogen) atoms. The molecular weight excluding hydrogens is 270 g/mol. The van der Waals surface area contributed by atoms with E-state index in [0.717, 1.165) is 23.7 Å². The number of guanidine groups is 1. The minimum atomic E-state index is 0.00669. The van der Waals surface area contributed by atoms with Crippen molar-refractivity contribution >= 4 is 23.2 Å². The van der Waals surface area contributed by atoms with Crippen molar-refractivity contribution in [3.8, 4) is 0 Å². The molecule has 1 fully saturated rings. The van der Waals surface area contributed by atoms with E-state index < -0.39 is 0 Å². The molecule has 1 aromatic rings. The molecule has 0 radical (unpaired) electrons. The first-order valence-electron chi connectivity index (χ1n) is 7.39. The van der Waals surface area contributed by atoms with E-state index in [1.54, 1.807) is 0 Å². The fourth-order valence-corrected chi connectivity index (χ4v) is 4.05. The summed E-state index contributed by atoms with van der Waals surface area (Å²) in [5, 5.41) is 0.748.